The molecule has 0 aromatic heterocycles. The Labute approximate surface area is 315 Å². The normalized spacial score (nSPS) is 26.4. The van der Waals surface area contributed by atoms with E-state index in [1.165, 1.54) is 38.5 Å². The molecule has 54 heavy (non-hydrogen) atoms. The van der Waals surface area contributed by atoms with Crippen molar-refractivity contribution >= 4 is 29.5 Å². The van der Waals surface area contributed by atoms with Crippen LogP contribution in [-0.4, -0.2) is 88.7 Å². The number of carbonyl (C=O) groups is 5. The molecule has 2 aromatic carbocycles. The molecule has 0 radical (unpaired) electrons. The van der Waals surface area contributed by atoms with Gasteiger partial charge in [-0.05, 0) is 117 Å². The molecule has 0 bridgehead atoms. The van der Waals surface area contributed by atoms with Crippen LogP contribution in [0.15, 0.2) is 53.7 Å². The minimum Gasteiger partial charge on any atom is -0.508 e. The third-order valence-corrected chi connectivity index (χ3v) is 11.8. The van der Waals surface area contributed by atoms with Gasteiger partial charge in [-0.25, -0.2) is 4.79 Å². The number of Topliss-reactive ketones (excluding diaryl/α,β-unsaturated/α-hetero) is 1. The highest BCUT2D eigenvalue weighted by Crippen LogP contribution is 2.61. The van der Waals surface area contributed by atoms with Crippen molar-refractivity contribution in [2.75, 3.05) is 13.6 Å². The Kier molecular flexibility index (Phi) is 12.6. The first-order valence-corrected chi connectivity index (χ1v) is 18.6. The first kappa shape index (κ1) is 40.6. The molecule has 2 saturated carbocycles. The molecule has 292 valence electrons. The summed E-state index contributed by atoms with van der Waals surface area (Å²) >= 11 is 0. The number of aryl methyl sites for hydroxylation is 1. The number of ketones is 1. The lowest BCUT2D eigenvalue weighted by Crippen LogP contribution is -2.57. The van der Waals surface area contributed by atoms with Gasteiger partial charge in [0.2, 0.25) is 17.7 Å². The molecule has 14 nitrogen and oxygen atoms in total. The van der Waals surface area contributed by atoms with Crippen molar-refractivity contribution in [2.45, 2.75) is 102 Å². The van der Waals surface area contributed by atoms with Crippen LogP contribution >= 0.6 is 0 Å². The number of hydrogen-bond donors (Lipinski definition) is 8. The molecule has 9 atom stereocenters. The summed E-state index contributed by atoms with van der Waals surface area (Å²) < 4.78 is 5.69. The van der Waals surface area contributed by atoms with Gasteiger partial charge in [-0.2, -0.15) is 0 Å². The number of likely N-dealkylation sites (N-methyl/N-ethyl adjacent to an activating group) is 1. The van der Waals surface area contributed by atoms with E-state index < -0.39 is 59.8 Å². The summed E-state index contributed by atoms with van der Waals surface area (Å²) in [4.78, 5) is 65.5. The maximum atomic E-state index is 13.4. The Hall–Kier alpha value is -4.63. The Morgan fingerprint density at radius 1 is 0.963 bits per heavy atom. The number of aromatic hydroxyl groups is 1. The molecular weight excluding hydrogens is 694 g/mol. The van der Waals surface area contributed by atoms with E-state index in [1.54, 1.807) is 25.2 Å². The number of phenolic OH excluding ortho intramolecular Hbond substituents is 1. The van der Waals surface area contributed by atoms with E-state index in [1.807, 2.05) is 12.1 Å². The number of benzene rings is 2. The van der Waals surface area contributed by atoms with Gasteiger partial charge >= 0.3 is 5.97 Å². The number of esters is 1. The Bertz CT molecular complexity index is 1790. The van der Waals surface area contributed by atoms with Gasteiger partial charge in [-0.1, -0.05) is 25.1 Å². The Balaban J connectivity index is 1.24. The summed E-state index contributed by atoms with van der Waals surface area (Å²) in [5.41, 5.74) is 7.86. The monoisotopic (exact) mass is 747 g/mol. The van der Waals surface area contributed by atoms with Crippen LogP contribution < -0.4 is 31.7 Å². The fourth-order valence-electron chi connectivity index (χ4n) is 8.66. The van der Waals surface area contributed by atoms with Crippen molar-refractivity contribution in [1.29, 1.82) is 0 Å². The Morgan fingerprint density at radius 3 is 2.30 bits per heavy atom. The first-order chi connectivity index (χ1) is 25.6. The maximum Gasteiger partial charge on any atom is 0.341 e. The van der Waals surface area contributed by atoms with Gasteiger partial charge in [0.25, 0.3) is 0 Å². The lowest BCUT2D eigenvalue weighted by atomic mass is 9.55. The van der Waals surface area contributed by atoms with Crippen molar-refractivity contribution in [3.8, 4) is 11.5 Å². The third kappa shape index (κ3) is 8.51. The number of fused-ring (bicyclic) bond motifs is 5. The second kappa shape index (κ2) is 16.8. The molecule has 0 heterocycles. The summed E-state index contributed by atoms with van der Waals surface area (Å²) in [5, 5.41) is 41.3. The van der Waals surface area contributed by atoms with E-state index in [2.05, 4.69) is 28.2 Å². The number of ether oxygens (including phenoxy) is 1. The zero-order chi connectivity index (χ0) is 39.5. The molecule has 6 unspecified atom stereocenters. The molecule has 2 fully saturated rings. The van der Waals surface area contributed by atoms with Crippen molar-refractivity contribution in [3.05, 3.63) is 70.4 Å². The van der Waals surface area contributed by atoms with Crippen LogP contribution in [-0.2, 0) is 36.8 Å². The number of hydrogen-bond acceptors (Lipinski definition) is 11. The predicted octanol–water partition coefficient (Wildman–Crippen LogP) is 1.24. The average molecular weight is 748 g/mol. The van der Waals surface area contributed by atoms with E-state index >= 15 is 0 Å². The SMILES string of the molecule is CNC(CN)C(=O)NC(Cc1ccc(O)cc1)C(=O)NC(C)C(=O)N/C(C(C)=O)=C(/C)C(=O)Oc1ccc2c(c1)CCC1[C@@H]2CCC2(C)C(O)[C@H](O)C[C@@H]12. The van der Waals surface area contributed by atoms with Gasteiger partial charge in [0.15, 0.2) is 5.78 Å². The third-order valence-electron chi connectivity index (χ3n) is 11.8. The number of phenols is 1. The van der Waals surface area contributed by atoms with E-state index in [0.717, 1.165) is 31.2 Å². The molecule has 5 rings (SSSR count). The first-order valence-electron chi connectivity index (χ1n) is 18.6. The average Bonchev–Trinajstić information content (AvgIpc) is 3.38. The number of amides is 3. The van der Waals surface area contributed by atoms with Crippen LogP contribution in [0.25, 0.3) is 0 Å². The molecule has 0 spiro atoms. The fourth-order valence-corrected chi connectivity index (χ4v) is 8.66. The topological polar surface area (TPSA) is 229 Å². The second-order valence-electron chi connectivity index (χ2n) is 15.2. The number of carbonyl (C=O) groups excluding carboxylic acids is 5. The van der Waals surface area contributed by atoms with Crippen molar-refractivity contribution < 1.29 is 44.0 Å². The van der Waals surface area contributed by atoms with Crippen LogP contribution in [0.2, 0.25) is 0 Å². The van der Waals surface area contributed by atoms with Gasteiger partial charge in [0.05, 0.1) is 29.5 Å². The van der Waals surface area contributed by atoms with E-state index in [-0.39, 0.29) is 47.2 Å². The van der Waals surface area contributed by atoms with Crippen molar-refractivity contribution in [3.63, 3.8) is 0 Å². The van der Waals surface area contributed by atoms with E-state index in [9.17, 15) is 39.3 Å². The smallest absolute Gasteiger partial charge is 0.341 e. The number of rotatable bonds is 13. The molecule has 0 saturated heterocycles. The Morgan fingerprint density at radius 2 is 1.65 bits per heavy atom. The standard InChI is InChI=1S/C40H53N5O9/c1-20(39(53)54-26-11-13-27-24(17-26)8-12-29-28(27)14-15-40(4)30(29)18-33(48)35(40)49)34(22(3)46)45-36(50)21(2)43-37(51)31(44-38(52)32(19-41)42-5)16-23-6-9-25(47)10-7-23/h6-7,9-11,13,17,21,28-33,35,42,47-49H,8,12,14-16,18-19,41H2,1-5H3,(H,43,51)(H,44,52)(H,45,50)/b34-20-/t21?,28-,29?,30+,31?,32?,33-,35?,40?/m1/s1. The molecule has 14 heteroatoms. The zero-order valence-electron chi connectivity index (χ0n) is 31.5. The largest absolute Gasteiger partial charge is 0.508 e. The number of aliphatic hydroxyl groups is 2. The van der Waals surface area contributed by atoms with Gasteiger partial charge in [0, 0.05) is 19.9 Å². The van der Waals surface area contributed by atoms with Gasteiger partial charge in [-0.15, -0.1) is 0 Å². The zero-order valence-corrected chi connectivity index (χ0v) is 31.5. The number of aliphatic hydroxyl groups excluding tert-OH is 2. The number of nitrogens with one attached hydrogen (secondary N) is 4. The predicted molar refractivity (Wildman–Crippen MR) is 199 cm³/mol. The molecule has 9 N–H and O–H groups in total. The lowest BCUT2D eigenvalue weighted by molar-refractivity contribution is -0.132. The minimum atomic E-state index is -1.19. The highest BCUT2D eigenvalue weighted by Gasteiger charge is 2.57. The van der Waals surface area contributed by atoms with Crippen LogP contribution in [0.1, 0.15) is 76.0 Å². The fraction of sp³-hybridized carbons (Fsp3) is 0.525. The number of allylic oxidation sites excluding steroid dienone is 1. The molecule has 3 amide bonds. The van der Waals surface area contributed by atoms with Crippen LogP contribution in [0.5, 0.6) is 11.5 Å². The highest BCUT2D eigenvalue weighted by atomic mass is 16.5. The van der Waals surface area contributed by atoms with Gasteiger partial charge in [-0.3, -0.25) is 19.2 Å². The lowest BCUT2D eigenvalue weighted by Gasteiger charge is -2.49. The summed E-state index contributed by atoms with van der Waals surface area (Å²) in [7, 11) is 1.56. The van der Waals surface area contributed by atoms with Gasteiger partial charge < -0.3 is 47.1 Å². The molecule has 0 aliphatic heterocycles. The van der Waals surface area contributed by atoms with Crippen molar-refractivity contribution in [2.24, 2.45) is 23.0 Å². The minimum absolute atomic E-state index is 0.0250. The van der Waals surface area contributed by atoms with Crippen LogP contribution in [0.3, 0.4) is 0 Å². The summed E-state index contributed by atoms with van der Waals surface area (Å²) in [6, 6.07) is 8.55. The second-order valence-corrected chi connectivity index (χ2v) is 15.2. The van der Waals surface area contributed by atoms with E-state index in [4.69, 9.17) is 10.5 Å². The van der Waals surface area contributed by atoms with Crippen molar-refractivity contribution in [1.82, 2.24) is 21.3 Å². The van der Waals surface area contributed by atoms with Crippen LogP contribution in [0, 0.1) is 17.3 Å². The van der Waals surface area contributed by atoms with Crippen LogP contribution in [0.4, 0.5) is 0 Å². The number of nitrogens with two attached hydrogens (primary N) is 1. The summed E-state index contributed by atoms with van der Waals surface area (Å²) in [6.45, 7) is 6.04. The molecule has 2 aromatic rings. The maximum absolute atomic E-state index is 13.4. The quantitative estimate of drug-likeness (QED) is 0.0826. The van der Waals surface area contributed by atoms with E-state index in [0.29, 0.717) is 23.7 Å². The molecule has 3 aliphatic carbocycles. The van der Waals surface area contributed by atoms with Gasteiger partial charge in [0.1, 0.15) is 23.6 Å². The molecular formula is C40H53N5O9. The summed E-state index contributed by atoms with van der Waals surface area (Å²) in [5.74, 6) is -2.22. The summed E-state index contributed by atoms with van der Waals surface area (Å²) in [6.07, 6.45) is 2.60. The molecule has 3 aliphatic rings. The highest BCUT2D eigenvalue weighted by molar-refractivity contribution is 6.06.